The molecule has 0 unspecified atom stereocenters. The lowest BCUT2D eigenvalue weighted by Gasteiger charge is -2.13. The van der Waals surface area contributed by atoms with E-state index >= 15 is 0 Å². The summed E-state index contributed by atoms with van der Waals surface area (Å²) in [6.45, 7) is 0.717. The van der Waals surface area contributed by atoms with E-state index in [0.717, 1.165) is 25.8 Å². The van der Waals surface area contributed by atoms with Crippen molar-refractivity contribution in [3.8, 4) is 0 Å². The zero-order chi connectivity index (χ0) is 10.0. The lowest BCUT2D eigenvalue weighted by molar-refractivity contribution is 0.0789. The van der Waals surface area contributed by atoms with Crippen molar-refractivity contribution in [3.05, 3.63) is 35.4 Å². The zero-order valence-electron chi connectivity index (χ0n) is 8.62. The smallest absolute Gasteiger partial charge is 0.0929 e. The van der Waals surface area contributed by atoms with Gasteiger partial charge in [-0.15, -0.1) is 0 Å². The Balaban J connectivity index is 2.14. The van der Waals surface area contributed by atoms with Gasteiger partial charge < -0.3 is 10.5 Å². The Kier molecular flexibility index (Phi) is 2.57. The van der Waals surface area contributed by atoms with E-state index in [1.54, 1.807) is 7.11 Å². The fourth-order valence-electron chi connectivity index (χ4n) is 1.87. The van der Waals surface area contributed by atoms with Crippen molar-refractivity contribution < 1.29 is 4.74 Å². The van der Waals surface area contributed by atoms with Crippen molar-refractivity contribution in [1.29, 1.82) is 0 Å². The molecular weight excluding hydrogens is 174 g/mol. The standard InChI is InChI=1S/C12H17NO/c1-14-12(7-8-12)11-4-2-10(3-5-11)6-9-13/h2-5H,6-9,13H2,1H3. The van der Waals surface area contributed by atoms with E-state index in [2.05, 4.69) is 24.3 Å². The molecule has 1 aromatic rings. The monoisotopic (exact) mass is 191 g/mol. The Bertz CT molecular complexity index is 301. The molecular formula is C12H17NO. The van der Waals surface area contributed by atoms with Crippen molar-refractivity contribution in [2.45, 2.75) is 24.9 Å². The van der Waals surface area contributed by atoms with Crippen LogP contribution in [0.25, 0.3) is 0 Å². The molecule has 2 rings (SSSR count). The second-order valence-corrected chi connectivity index (χ2v) is 3.93. The molecule has 14 heavy (non-hydrogen) atoms. The van der Waals surface area contributed by atoms with Crippen LogP contribution in [0, 0.1) is 0 Å². The molecule has 2 N–H and O–H groups in total. The van der Waals surface area contributed by atoms with E-state index in [9.17, 15) is 0 Å². The molecule has 0 aromatic heterocycles. The van der Waals surface area contributed by atoms with Crippen LogP contribution >= 0.6 is 0 Å². The predicted molar refractivity (Wildman–Crippen MR) is 57.1 cm³/mol. The predicted octanol–water partition coefficient (Wildman–Crippen LogP) is 1.82. The molecule has 76 valence electrons. The number of benzene rings is 1. The maximum absolute atomic E-state index is 5.51. The molecule has 1 aromatic carbocycles. The summed E-state index contributed by atoms with van der Waals surface area (Å²) in [6.07, 6.45) is 3.26. The average molecular weight is 191 g/mol. The molecule has 1 aliphatic rings. The third-order valence-electron chi connectivity index (χ3n) is 3.01. The van der Waals surface area contributed by atoms with Gasteiger partial charge in [0.15, 0.2) is 0 Å². The van der Waals surface area contributed by atoms with E-state index in [1.165, 1.54) is 11.1 Å². The van der Waals surface area contributed by atoms with Gasteiger partial charge >= 0.3 is 0 Å². The van der Waals surface area contributed by atoms with E-state index in [1.807, 2.05) is 0 Å². The fraction of sp³-hybridized carbons (Fsp3) is 0.500. The number of ether oxygens (including phenoxy) is 1. The molecule has 0 atom stereocenters. The number of methoxy groups -OCH3 is 1. The number of hydrogen-bond donors (Lipinski definition) is 1. The number of rotatable bonds is 4. The van der Waals surface area contributed by atoms with Gasteiger partial charge in [-0.3, -0.25) is 0 Å². The van der Waals surface area contributed by atoms with Crippen molar-refractivity contribution in [3.63, 3.8) is 0 Å². The molecule has 0 spiro atoms. The third kappa shape index (κ3) is 1.68. The van der Waals surface area contributed by atoms with Crippen LogP contribution in [0.1, 0.15) is 24.0 Å². The number of hydrogen-bond acceptors (Lipinski definition) is 2. The van der Waals surface area contributed by atoms with Gasteiger partial charge in [0.1, 0.15) is 0 Å². The van der Waals surface area contributed by atoms with E-state index in [0.29, 0.717) is 0 Å². The topological polar surface area (TPSA) is 35.2 Å². The summed E-state index contributed by atoms with van der Waals surface area (Å²) in [5.74, 6) is 0. The van der Waals surface area contributed by atoms with Crippen molar-refractivity contribution in [2.24, 2.45) is 5.73 Å². The van der Waals surface area contributed by atoms with Crippen molar-refractivity contribution in [1.82, 2.24) is 0 Å². The summed E-state index contributed by atoms with van der Waals surface area (Å²) in [5, 5.41) is 0. The fourth-order valence-corrected chi connectivity index (χ4v) is 1.87. The van der Waals surface area contributed by atoms with Crippen LogP contribution in [0.5, 0.6) is 0 Å². The van der Waals surface area contributed by atoms with E-state index < -0.39 is 0 Å². The molecule has 2 nitrogen and oxygen atoms in total. The quantitative estimate of drug-likeness (QED) is 0.788. The van der Waals surface area contributed by atoms with Gasteiger partial charge in [-0.05, 0) is 36.9 Å². The highest BCUT2D eigenvalue weighted by atomic mass is 16.5. The molecule has 1 aliphatic carbocycles. The molecule has 1 fully saturated rings. The highest BCUT2D eigenvalue weighted by Crippen LogP contribution is 2.48. The minimum absolute atomic E-state index is 0.0429. The molecule has 0 radical (unpaired) electrons. The second-order valence-electron chi connectivity index (χ2n) is 3.93. The van der Waals surface area contributed by atoms with E-state index in [4.69, 9.17) is 10.5 Å². The minimum atomic E-state index is 0.0429. The van der Waals surface area contributed by atoms with Crippen molar-refractivity contribution >= 4 is 0 Å². The lowest BCUT2D eigenvalue weighted by Crippen LogP contribution is -2.09. The van der Waals surface area contributed by atoms with Crippen LogP contribution in [0.15, 0.2) is 24.3 Å². The number of nitrogens with two attached hydrogens (primary N) is 1. The van der Waals surface area contributed by atoms with Gasteiger partial charge in [0.2, 0.25) is 0 Å². The molecule has 0 saturated heterocycles. The van der Waals surface area contributed by atoms with Gasteiger partial charge in [-0.2, -0.15) is 0 Å². The van der Waals surface area contributed by atoms with Gasteiger partial charge in [0.25, 0.3) is 0 Å². The van der Waals surface area contributed by atoms with Crippen LogP contribution in [0.3, 0.4) is 0 Å². The first-order chi connectivity index (χ1) is 6.80. The average Bonchev–Trinajstić information content (AvgIpc) is 3.00. The maximum atomic E-state index is 5.51. The van der Waals surface area contributed by atoms with Crippen LogP contribution in [-0.4, -0.2) is 13.7 Å². The first-order valence-electron chi connectivity index (χ1n) is 5.15. The first kappa shape index (κ1) is 9.69. The summed E-state index contributed by atoms with van der Waals surface area (Å²) in [4.78, 5) is 0. The molecule has 0 aliphatic heterocycles. The second kappa shape index (κ2) is 3.71. The summed E-state index contributed by atoms with van der Waals surface area (Å²) < 4.78 is 5.51. The Morgan fingerprint density at radius 2 is 1.93 bits per heavy atom. The molecule has 0 bridgehead atoms. The van der Waals surface area contributed by atoms with E-state index in [-0.39, 0.29) is 5.60 Å². The van der Waals surface area contributed by atoms with Crippen LogP contribution in [-0.2, 0) is 16.8 Å². The summed E-state index contributed by atoms with van der Waals surface area (Å²) >= 11 is 0. The Morgan fingerprint density at radius 3 is 2.36 bits per heavy atom. The van der Waals surface area contributed by atoms with Crippen LogP contribution in [0.4, 0.5) is 0 Å². The summed E-state index contributed by atoms with van der Waals surface area (Å²) in [5.41, 5.74) is 8.16. The van der Waals surface area contributed by atoms with Gasteiger partial charge in [-0.1, -0.05) is 24.3 Å². The van der Waals surface area contributed by atoms with Gasteiger partial charge in [0.05, 0.1) is 5.60 Å². The summed E-state index contributed by atoms with van der Waals surface area (Å²) in [6, 6.07) is 8.64. The van der Waals surface area contributed by atoms with Gasteiger partial charge in [0, 0.05) is 7.11 Å². The zero-order valence-corrected chi connectivity index (χ0v) is 8.62. The SMILES string of the molecule is COC1(c2ccc(CCN)cc2)CC1. The Labute approximate surface area is 85.1 Å². The van der Waals surface area contributed by atoms with Crippen LogP contribution in [0.2, 0.25) is 0 Å². The highest BCUT2D eigenvalue weighted by molar-refractivity contribution is 5.31. The highest BCUT2D eigenvalue weighted by Gasteiger charge is 2.44. The minimum Gasteiger partial charge on any atom is -0.374 e. The molecule has 1 saturated carbocycles. The van der Waals surface area contributed by atoms with Gasteiger partial charge in [-0.25, -0.2) is 0 Å². The normalized spacial score (nSPS) is 18.1. The largest absolute Gasteiger partial charge is 0.374 e. The third-order valence-corrected chi connectivity index (χ3v) is 3.01. The maximum Gasteiger partial charge on any atom is 0.0929 e. The van der Waals surface area contributed by atoms with Crippen LogP contribution < -0.4 is 5.73 Å². The summed E-state index contributed by atoms with van der Waals surface area (Å²) in [7, 11) is 1.79. The van der Waals surface area contributed by atoms with Crippen molar-refractivity contribution in [2.75, 3.05) is 13.7 Å². The molecule has 0 heterocycles. The molecule has 0 amide bonds. The first-order valence-corrected chi connectivity index (χ1v) is 5.15. The Hall–Kier alpha value is -0.860. The Morgan fingerprint density at radius 1 is 1.29 bits per heavy atom. The lowest BCUT2D eigenvalue weighted by atomic mass is 10.0. The molecule has 2 heteroatoms.